The van der Waals surface area contributed by atoms with Crippen LogP contribution in [0.2, 0.25) is 0 Å². The highest BCUT2D eigenvalue weighted by Crippen LogP contribution is 2.31. The summed E-state index contributed by atoms with van der Waals surface area (Å²) in [7, 11) is 1.64. The van der Waals surface area contributed by atoms with Crippen LogP contribution in [0.15, 0.2) is 43.1 Å². The molecule has 126 valence electrons. The van der Waals surface area contributed by atoms with Gasteiger partial charge in [-0.2, -0.15) is 5.10 Å². The first kappa shape index (κ1) is 16.3. The summed E-state index contributed by atoms with van der Waals surface area (Å²) in [6.45, 7) is 7.02. The van der Waals surface area contributed by atoms with Gasteiger partial charge in [-0.3, -0.25) is 9.48 Å². The summed E-state index contributed by atoms with van der Waals surface area (Å²) in [6, 6.07) is 7.69. The first-order valence-corrected chi connectivity index (χ1v) is 8.21. The zero-order valence-corrected chi connectivity index (χ0v) is 14.2. The van der Waals surface area contributed by atoms with Gasteiger partial charge in [0.15, 0.2) is 0 Å². The SMILES string of the molecule is C=CC(=O)N(Cc1ccnn1CC1CC1)c1ccc(OC)cc1C. The summed E-state index contributed by atoms with van der Waals surface area (Å²) < 4.78 is 7.27. The lowest BCUT2D eigenvalue weighted by Crippen LogP contribution is -2.30. The molecule has 3 rings (SSSR count). The van der Waals surface area contributed by atoms with Crippen molar-refractivity contribution in [2.45, 2.75) is 32.9 Å². The van der Waals surface area contributed by atoms with E-state index in [4.69, 9.17) is 4.74 Å². The molecule has 1 aromatic carbocycles. The van der Waals surface area contributed by atoms with Gasteiger partial charge in [-0.05, 0) is 61.6 Å². The molecule has 1 amide bonds. The molecule has 1 saturated carbocycles. The highest BCUT2D eigenvalue weighted by molar-refractivity contribution is 6.01. The molecule has 0 N–H and O–H groups in total. The van der Waals surface area contributed by atoms with E-state index in [2.05, 4.69) is 11.7 Å². The third kappa shape index (κ3) is 3.50. The minimum Gasteiger partial charge on any atom is -0.497 e. The molecule has 0 bridgehead atoms. The summed E-state index contributed by atoms with van der Waals surface area (Å²) in [4.78, 5) is 14.2. The number of benzene rings is 1. The van der Waals surface area contributed by atoms with E-state index in [0.717, 1.165) is 35.2 Å². The van der Waals surface area contributed by atoms with Crippen LogP contribution in [0.3, 0.4) is 0 Å². The molecule has 5 nitrogen and oxygen atoms in total. The lowest BCUT2D eigenvalue weighted by Gasteiger charge is -2.24. The molecule has 1 aliphatic rings. The normalized spacial score (nSPS) is 13.6. The zero-order valence-electron chi connectivity index (χ0n) is 14.2. The molecule has 0 saturated heterocycles. The Balaban J connectivity index is 1.88. The maximum atomic E-state index is 12.4. The zero-order chi connectivity index (χ0) is 17.1. The van der Waals surface area contributed by atoms with E-state index in [9.17, 15) is 4.79 Å². The molecular weight excluding hydrogens is 302 g/mol. The summed E-state index contributed by atoms with van der Waals surface area (Å²) in [5.74, 6) is 1.39. The van der Waals surface area contributed by atoms with E-state index in [1.54, 1.807) is 18.2 Å². The van der Waals surface area contributed by atoms with Gasteiger partial charge in [-0.15, -0.1) is 0 Å². The Hall–Kier alpha value is -2.56. The van der Waals surface area contributed by atoms with Crippen molar-refractivity contribution in [1.82, 2.24) is 9.78 Å². The smallest absolute Gasteiger partial charge is 0.250 e. The number of amides is 1. The van der Waals surface area contributed by atoms with Crippen molar-refractivity contribution in [2.75, 3.05) is 12.0 Å². The predicted molar refractivity (Wildman–Crippen MR) is 94.1 cm³/mol. The van der Waals surface area contributed by atoms with Gasteiger partial charge < -0.3 is 9.64 Å². The first-order valence-electron chi connectivity index (χ1n) is 8.21. The molecule has 24 heavy (non-hydrogen) atoms. The van der Waals surface area contributed by atoms with Crippen LogP contribution in [0.1, 0.15) is 24.1 Å². The Bertz CT molecular complexity index is 747. The van der Waals surface area contributed by atoms with Crippen molar-refractivity contribution in [3.05, 3.63) is 54.4 Å². The molecule has 0 atom stereocenters. The molecule has 1 aromatic heterocycles. The van der Waals surface area contributed by atoms with Gasteiger partial charge in [0.1, 0.15) is 5.75 Å². The Labute approximate surface area is 142 Å². The van der Waals surface area contributed by atoms with E-state index in [1.165, 1.54) is 18.9 Å². The van der Waals surface area contributed by atoms with Crippen LogP contribution in [-0.2, 0) is 17.9 Å². The van der Waals surface area contributed by atoms with Crippen LogP contribution < -0.4 is 9.64 Å². The molecule has 0 spiro atoms. The third-order valence-electron chi connectivity index (χ3n) is 4.39. The molecular formula is C19H23N3O2. The number of hydrogen-bond donors (Lipinski definition) is 0. The largest absolute Gasteiger partial charge is 0.497 e. The number of ether oxygens (including phenoxy) is 1. The van der Waals surface area contributed by atoms with Gasteiger partial charge in [0.05, 0.1) is 19.3 Å². The van der Waals surface area contributed by atoms with Crippen molar-refractivity contribution < 1.29 is 9.53 Å². The van der Waals surface area contributed by atoms with Gasteiger partial charge in [0, 0.05) is 18.4 Å². The molecule has 1 heterocycles. The van der Waals surface area contributed by atoms with Gasteiger partial charge in [-0.25, -0.2) is 0 Å². The van der Waals surface area contributed by atoms with Crippen LogP contribution in [0, 0.1) is 12.8 Å². The summed E-state index contributed by atoms with van der Waals surface area (Å²) in [6.07, 6.45) is 5.69. The summed E-state index contributed by atoms with van der Waals surface area (Å²) in [5, 5.41) is 4.41. The van der Waals surface area contributed by atoms with E-state index >= 15 is 0 Å². The summed E-state index contributed by atoms with van der Waals surface area (Å²) in [5.41, 5.74) is 2.88. The van der Waals surface area contributed by atoms with Crippen molar-refractivity contribution in [1.29, 1.82) is 0 Å². The lowest BCUT2D eigenvalue weighted by molar-refractivity contribution is -0.114. The number of aryl methyl sites for hydroxylation is 1. The van der Waals surface area contributed by atoms with Crippen LogP contribution in [0.5, 0.6) is 5.75 Å². The van der Waals surface area contributed by atoms with E-state index < -0.39 is 0 Å². The van der Waals surface area contributed by atoms with Gasteiger partial charge in [0.2, 0.25) is 0 Å². The second kappa shape index (κ2) is 6.91. The standard InChI is InChI=1S/C19H23N3O2/c1-4-19(23)21(18-8-7-17(24-3)11-14(18)2)13-16-9-10-20-22(16)12-15-5-6-15/h4,7-11,15H,1,5-6,12-13H2,2-3H3. The monoisotopic (exact) mass is 325 g/mol. The maximum absolute atomic E-state index is 12.4. The summed E-state index contributed by atoms with van der Waals surface area (Å²) >= 11 is 0. The second-order valence-corrected chi connectivity index (χ2v) is 6.23. The number of aromatic nitrogens is 2. The number of rotatable bonds is 7. The Morgan fingerprint density at radius 1 is 1.46 bits per heavy atom. The van der Waals surface area contributed by atoms with Crippen molar-refractivity contribution in [3.8, 4) is 5.75 Å². The number of methoxy groups -OCH3 is 1. The number of hydrogen-bond acceptors (Lipinski definition) is 3. The van der Waals surface area contributed by atoms with Gasteiger partial charge in [0.25, 0.3) is 5.91 Å². The number of anilines is 1. The van der Waals surface area contributed by atoms with Crippen LogP contribution >= 0.6 is 0 Å². The van der Waals surface area contributed by atoms with Gasteiger partial charge in [-0.1, -0.05) is 6.58 Å². The first-order chi connectivity index (χ1) is 11.6. The Kier molecular flexibility index (Phi) is 4.69. The van der Waals surface area contributed by atoms with Gasteiger partial charge >= 0.3 is 0 Å². The van der Waals surface area contributed by atoms with E-state index in [-0.39, 0.29) is 5.91 Å². The average Bonchev–Trinajstić information content (AvgIpc) is 3.30. The minimum absolute atomic E-state index is 0.123. The van der Waals surface area contributed by atoms with Crippen LogP contribution in [-0.4, -0.2) is 22.8 Å². The Morgan fingerprint density at radius 3 is 2.88 bits per heavy atom. The lowest BCUT2D eigenvalue weighted by atomic mass is 10.1. The highest BCUT2D eigenvalue weighted by Gasteiger charge is 2.24. The van der Waals surface area contributed by atoms with Crippen molar-refractivity contribution >= 4 is 11.6 Å². The second-order valence-electron chi connectivity index (χ2n) is 6.23. The number of nitrogens with zero attached hydrogens (tertiary/aromatic N) is 3. The fourth-order valence-electron chi connectivity index (χ4n) is 2.82. The fourth-order valence-corrected chi connectivity index (χ4v) is 2.82. The van der Waals surface area contributed by atoms with Crippen LogP contribution in [0.4, 0.5) is 5.69 Å². The number of carbonyl (C=O) groups is 1. The molecule has 5 heteroatoms. The van der Waals surface area contributed by atoms with Crippen molar-refractivity contribution in [2.24, 2.45) is 5.92 Å². The molecule has 2 aromatic rings. The van der Waals surface area contributed by atoms with E-state index in [1.807, 2.05) is 35.9 Å². The molecule has 0 unspecified atom stereocenters. The van der Waals surface area contributed by atoms with Crippen molar-refractivity contribution in [3.63, 3.8) is 0 Å². The molecule has 1 aliphatic carbocycles. The average molecular weight is 325 g/mol. The highest BCUT2D eigenvalue weighted by atomic mass is 16.5. The topological polar surface area (TPSA) is 47.4 Å². The fraction of sp³-hybridized carbons (Fsp3) is 0.368. The minimum atomic E-state index is -0.123. The Morgan fingerprint density at radius 2 is 2.25 bits per heavy atom. The number of carbonyl (C=O) groups excluding carboxylic acids is 1. The van der Waals surface area contributed by atoms with Crippen LogP contribution in [0.25, 0.3) is 0 Å². The third-order valence-corrected chi connectivity index (χ3v) is 4.39. The molecule has 0 aliphatic heterocycles. The van der Waals surface area contributed by atoms with E-state index in [0.29, 0.717) is 6.54 Å². The quantitative estimate of drug-likeness (QED) is 0.734. The molecule has 1 fully saturated rings. The predicted octanol–water partition coefficient (Wildman–Crippen LogP) is 3.33. The molecule has 0 radical (unpaired) electrons. The maximum Gasteiger partial charge on any atom is 0.250 e.